The van der Waals surface area contributed by atoms with Gasteiger partial charge in [0.05, 0.1) is 17.6 Å². The van der Waals surface area contributed by atoms with Gasteiger partial charge in [-0.2, -0.15) is 5.26 Å². The number of carboxylic acid groups (broad SMARTS) is 1. The van der Waals surface area contributed by atoms with Crippen molar-refractivity contribution in [3.8, 4) is 17.4 Å². The van der Waals surface area contributed by atoms with Gasteiger partial charge in [0.1, 0.15) is 11.5 Å². The molecule has 2 aromatic carbocycles. The Morgan fingerprint density at radius 2 is 1.81 bits per heavy atom. The van der Waals surface area contributed by atoms with Crippen molar-refractivity contribution in [2.45, 2.75) is 6.92 Å². The molecule has 3 rings (SSSR count). The van der Waals surface area contributed by atoms with Gasteiger partial charge in [-0.15, -0.1) is 0 Å². The number of furan rings is 1. The van der Waals surface area contributed by atoms with Crippen molar-refractivity contribution in [2.75, 3.05) is 0 Å². The van der Waals surface area contributed by atoms with E-state index in [-0.39, 0.29) is 5.56 Å². The molecule has 4 nitrogen and oxygen atoms in total. The van der Waals surface area contributed by atoms with Gasteiger partial charge in [0, 0.05) is 10.6 Å². The number of carboxylic acids is 1. The fraction of sp³-hybridized carbons (Fsp3) is 0.0476. The number of nitrogens with zero attached hydrogens (tertiary/aromatic N) is 1. The van der Waals surface area contributed by atoms with Crippen LogP contribution in [-0.2, 0) is 0 Å². The number of hydrogen-bond acceptors (Lipinski definition) is 4. The van der Waals surface area contributed by atoms with Gasteiger partial charge in [-0.25, -0.2) is 0 Å². The first kappa shape index (κ1) is 17.5. The number of allylic oxidation sites excluding steroid dienone is 1. The fourth-order valence-electron chi connectivity index (χ4n) is 2.54. The lowest BCUT2D eigenvalue weighted by atomic mass is 10.0. The minimum Gasteiger partial charge on any atom is -0.545 e. The Kier molecular flexibility index (Phi) is 4.92. The molecule has 26 heavy (non-hydrogen) atoms. The summed E-state index contributed by atoms with van der Waals surface area (Å²) >= 11 is 5.87. The van der Waals surface area contributed by atoms with Crippen LogP contribution in [-0.4, -0.2) is 5.97 Å². The largest absolute Gasteiger partial charge is 0.545 e. The highest BCUT2D eigenvalue weighted by atomic mass is 35.5. The van der Waals surface area contributed by atoms with Gasteiger partial charge in [0.2, 0.25) is 0 Å². The maximum Gasteiger partial charge on any atom is 0.135 e. The smallest absolute Gasteiger partial charge is 0.135 e. The highest BCUT2D eigenvalue weighted by molar-refractivity contribution is 6.30. The highest BCUT2D eigenvalue weighted by Crippen LogP contribution is 2.28. The van der Waals surface area contributed by atoms with E-state index in [1.807, 2.05) is 6.92 Å². The van der Waals surface area contributed by atoms with Crippen LogP contribution in [0.25, 0.3) is 23.0 Å². The zero-order valence-electron chi connectivity index (χ0n) is 13.8. The van der Waals surface area contributed by atoms with Crippen molar-refractivity contribution in [3.05, 3.63) is 82.1 Å². The molecule has 5 heteroatoms. The lowest BCUT2D eigenvalue weighted by Gasteiger charge is -2.07. The Morgan fingerprint density at radius 3 is 2.46 bits per heavy atom. The number of hydrogen-bond donors (Lipinski definition) is 0. The molecule has 0 radical (unpaired) electrons. The van der Waals surface area contributed by atoms with Crippen molar-refractivity contribution in [3.63, 3.8) is 0 Å². The normalized spacial score (nSPS) is 11.2. The number of halogens is 1. The number of carbonyl (C=O) groups is 1. The summed E-state index contributed by atoms with van der Waals surface area (Å²) in [5.74, 6) is -0.234. The molecule has 0 atom stereocenters. The second-order valence-corrected chi connectivity index (χ2v) is 6.13. The number of carbonyl (C=O) groups excluding carboxylic acids is 1. The van der Waals surface area contributed by atoms with E-state index >= 15 is 0 Å². The molecule has 0 saturated heterocycles. The summed E-state index contributed by atoms with van der Waals surface area (Å²) in [7, 11) is 0. The summed E-state index contributed by atoms with van der Waals surface area (Å²) in [6.45, 7) is 1.86. The van der Waals surface area contributed by atoms with Crippen LogP contribution in [0.2, 0.25) is 5.02 Å². The molecule has 1 heterocycles. The number of aryl methyl sites for hydroxylation is 1. The Bertz CT molecular complexity index is 1040. The quantitative estimate of drug-likeness (QED) is 0.647. The van der Waals surface area contributed by atoms with E-state index < -0.39 is 5.97 Å². The minimum atomic E-state index is -1.24. The van der Waals surface area contributed by atoms with E-state index in [4.69, 9.17) is 16.0 Å². The van der Waals surface area contributed by atoms with Gasteiger partial charge in [0.15, 0.2) is 0 Å². The molecule has 3 aromatic rings. The molecule has 0 amide bonds. The van der Waals surface area contributed by atoms with Gasteiger partial charge < -0.3 is 14.3 Å². The van der Waals surface area contributed by atoms with Crippen LogP contribution in [0.5, 0.6) is 0 Å². The number of benzene rings is 2. The number of rotatable bonds is 4. The van der Waals surface area contributed by atoms with Crippen LogP contribution >= 0.6 is 11.6 Å². The van der Waals surface area contributed by atoms with Crippen LogP contribution in [0.1, 0.15) is 27.2 Å². The third-order valence-electron chi connectivity index (χ3n) is 3.93. The first-order chi connectivity index (χ1) is 12.5. The predicted octanol–water partition coefficient (Wildman–Crippen LogP) is 4.34. The standard InChI is InChI=1S/C21H14ClNO3/c1-13-2-3-15(21(24)25)11-19(13)20-9-8-18(26-20)10-16(12-23)14-4-6-17(22)7-5-14/h2-11H,1H3,(H,24,25)/p-1/b16-10-. The summed E-state index contributed by atoms with van der Waals surface area (Å²) in [5.41, 5.74) is 2.78. The summed E-state index contributed by atoms with van der Waals surface area (Å²) < 4.78 is 5.80. The lowest BCUT2D eigenvalue weighted by Crippen LogP contribution is -2.22. The molecular formula is C21H13ClNO3-. The lowest BCUT2D eigenvalue weighted by molar-refractivity contribution is -0.255. The van der Waals surface area contributed by atoms with Crippen molar-refractivity contribution >= 4 is 29.2 Å². The van der Waals surface area contributed by atoms with E-state index in [0.29, 0.717) is 27.7 Å². The molecule has 0 unspecified atom stereocenters. The predicted molar refractivity (Wildman–Crippen MR) is 98.1 cm³/mol. The Morgan fingerprint density at radius 1 is 1.12 bits per heavy atom. The highest BCUT2D eigenvalue weighted by Gasteiger charge is 2.10. The van der Waals surface area contributed by atoms with Crippen LogP contribution in [0, 0.1) is 18.3 Å². The molecule has 0 N–H and O–H groups in total. The fourth-order valence-corrected chi connectivity index (χ4v) is 2.67. The summed E-state index contributed by atoms with van der Waals surface area (Å²) in [6, 6.07) is 17.3. The SMILES string of the molecule is Cc1ccc(C(=O)[O-])cc1-c1ccc(/C=C(/C#N)c2ccc(Cl)cc2)o1. The van der Waals surface area contributed by atoms with E-state index in [1.54, 1.807) is 48.5 Å². The van der Waals surface area contributed by atoms with E-state index in [9.17, 15) is 15.2 Å². The van der Waals surface area contributed by atoms with Gasteiger partial charge in [-0.1, -0.05) is 35.9 Å². The molecule has 128 valence electrons. The maximum absolute atomic E-state index is 11.1. The zero-order valence-corrected chi connectivity index (χ0v) is 14.6. The molecule has 0 bridgehead atoms. The van der Waals surface area contributed by atoms with Crippen LogP contribution in [0.15, 0.2) is 59.0 Å². The molecule has 0 aliphatic rings. The third kappa shape index (κ3) is 3.69. The zero-order chi connectivity index (χ0) is 18.7. The molecule has 1 aromatic heterocycles. The average Bonchev–Trinajstić information content (AvgIpc) is 3.09. The van der Waals surface area contributed by atoms with E-state index in [0.717, 1.165) is 11.1 Å². The van der Waals surface area contributed by atoms with Gasteiger partial charge in [-0.05, 0) is 60.0 Å². The van der Waals surface area contributed by atoms with Crippen LogP contribution in [0.3, 0.4) is 0 Å². The number of nitriles is 1. The molecule has 0 aliphatic heterocycles. The van der Waals surface area contributed by atoms with E-state index in [1.165, 1.54) is 12.1 Å². The second kappa shape index (κ2) is 7.30. The minimum absolute atomic E-state index is 0.0815. The van der Waals surface area contributed by atoms with Crippen molar-refractivity contribution in [1.82, 2.24) is 0 Å². The molecule has 0 saturated carbocycles. The Balaban J connectivity index is 1.97. The van der Waals surface area contributed by atoms with Gasteiger partial charge in [0.25, 0.3) is 0 Å². The van der Waals surface area contributed by atoms with Gasteiger partial charge >= 0.3 is 0 Å². The monoisotopic (exact) mass is 362 g/mol. The molecule has 0 spiro atoms. The van der Waals surface area contributed by atoms with Crippen molar-refractivity contribution < 1.29 is 14.3 Å². The molecule has 0 aliphatic carbocycles. The summed E-state index contributed by atoms with van der Waals surface area (Å²) in [4.78, 5) is 11.1. The second-order valence-electron chi connectivity index (χ2n) is 5.70. The third-order valence-corrected chi connectivity index (χ3v) is 4.18. The van der Waals surface area contributed by atoms with Crippen molar-refractivity contribution in [2.24, 2.45) is 0 Å². The average molecular weight is 363 g/mol. The Labute approximate surface area is 155 Å². The van der Waals surface area contributed by atoms with Crippen LogP contribution < -0.4 is 5.11 Å². The van der Waals surface area contributed by atoms with E-state index in [2.05, 4.69) is 6.07 Å². The van der Waals surface area contributed by atoms with Gasteiger partial charge in [-0.3, -0.25) is 0 Å². The summed E-state index contributed by atoms with van der Waals surface area (Å²) in [6.07, 6.45) is 1.63. The first-order valence-corrected chi connectivity index (χ1v) is 8.15. The first-order valence-electron chi connectivity index (χ1n) is 7.78. The molecular weight excluding hydrogens is 350 g/mol. The Hall–Kier alpha value is -3.29. The topological polar surface area (TPSA) is 77.1 Å². The summed E-state index contributed by atoms with van der Waals surface area (Å²) in [5, 5.41) is 21.1. The maximum atomic E-state index is 11.1. The number of aromatic carboxylic acids is 1. The molecule has 0 fully saturated rings. The van der Waals surface area contributed by atoms with Crippen molar-refractivity contribution in [1.29, 1.82) is 5.26 Å². The van der Waals surface area contributed by atoms with Crippen LogP contribution in [0.4, 0.5) is 0 Å².